The molecule has 0 aromatic heterocycles. The Morgan fingerprint density at radius 2 is 2.14 bits per heavy atom. The minimum Gasteiger partial charge on any atom is -0.457 e. The van der Waals surface area contributed by atoms with Gasteiger partial charge in [0.15, 0.2) is 0 Å². The molecule has 4 heteroatoms. The average molecular weight is 291 g/mol. The van der Waals surface area contributed by atoms with Gasteiger partial charge in [-0.2, -0.15) is 0 Å². The van der Waals surface area contributed by atoms with Gasteiger partial charge in [0.05, 0.1) is 12.5 Å². The van der Waals surface area contributed by atoms with Crippen molar-refractivity contribution in [2.45, 2.75) is 37.9 Å². The lowest BCUT2D eigenvalue weighted by Gasteiger charge is -2.21. The SMILES string of the molecule is CN(C)CCC(OC(=O)CC1CCCO1)c1ccccc1. The van der Waals surface area contributed by atoms with Crippen LogP contribution in [-0.4, -0.2) is 44.2 Å². The molecule has 4 nitrogen and oxygen atoms in total. The van der Waals surface area contributed by atoms with Gasteiger partial charge < -0.3 is 14.4 Å². The Bertz CT molecular complexity index is 427. The van der Waals surface area contributed by atoms with E-state index in [1.54, 1.807) is 0 Å². The highest BCUT2D eigenvalue weighted by Crippen LogP contribution is 2.23. The third kappa shape index (κ3) is 5.48. The molecule has 2 rings (SSSR count). The molecule has 21 heavy (non-hydrogen) atoms. The van der Waals surface area contributed by atoms with Crippen molar-refractivity contribution in [3.05, 3.63) is 35.9 Å². The van der Waals surface area contributed by atoms with Gasteiger partial charge >= 0.3 is 5.97 Å². The van der Waals surface area contributed by atoms with E-state index in [4.69, 9.17) is 9.47 Å². The van der Waals surface area contributed by atoms with Crippen molar-refractivity contribution in [3.63, 3.8) is 0 Å². The lowest BCUT2D eigenvalue weighted by Crippen LogP contribution is -2.21. The second-order valence-corrected chi connectivity index (χ2v) is 5.82. The second kappa shape index (κ2) is 8.15. The average Bonchev–Trinajstić information content (AvgIpc) is 2.97. The van der Waals surface area contributed by atoms with E-state index in [0.29, 0.717) is 6.42 Å². The summed E-state index contributed by atoms with van der Waals surface area (Å²) in [7, 11) is 4.05. The molecule has 0 bridgehead atoms. The summed E-state index contributed by atoms with van der Waals surface area (Å²) in [6.07, 6.45) is 3.04. The molecule has 1 saturated heterocycles. The van der Waals surface area contributed by atoms with E-state index in [1.165, 1.54) is 0 Å². The van der Waals surface area contributed by atoms with Gasteiger partial charge in [-0.05, 0) is 32.5 Å². The summed E-state index contributed by atoms with van der Waals surface area (Å²) in [5.41, 5.74) is 1.06. The normalized spacial score (nSPS) is 19.7. The minimum absolute atomic E-state index is 0.0442. The molecule has 1 fully saturated rings. The van der Waals surface area contributed by atoms with Crippen LogP contribution in [0.3, 0.4) is 0 Å². The Kier molecular flexibility index (Phi) is 6.21. The van der Waals surface area contributed by atoms with Gasteiger partial charge in [0.25, 0.3) is 0 Å². The van der Waals surface area contributed by atoms with E-state index < -0.39 is 0 Å². The van der Waals surface area contributed by atoms with Gasteiger partial charge in [0.1, 0.15) is 6.10 Å². The smallest absolute Gasteiger partial charge is 0.309 e. The number of carbonyl (C=O) groups is 1. The Labute approximate surface area is 127 Å². The zero-order chi connectivity index (χ0) is 15.1. The maximum atomic E-state index is 12.1. The third-order valence-corrected chi connectivity index (χ3v) is 3.70. The van der Waals surface area contributed by atoms with Gasteiger partial charge in [-0.25, -0.2) is 0 Å². The van der Waals surface area contributed by atoms with E-state index in [0.717, 1.165) is 38.0 Å². The lowest BCUT2D eigenvalue weighted by atomic mass is 10.1. The maximum absolute atomic E-state index is 12.1. The minimum atomic E-state index is -0.178. The largest absolute Gasteiger partial charge is 0.457 e. The molecule has 1 aliphatic rings. The fraction of sp³-hybridized carbons (Fsp3) is 0.588. The molecule has 1 aromatic carbocycles. The van der Waals surface area contributed by atoms with E-state index in [-0.39, 0.29) is 18.2 Å². The third-order valence-electron chi connectivity index (χ3n) is 3.70. The van der Waals surface area contributed by atoms with E-state index >= 15 is 0 Å². The zero-order valence-corrected chi connectivity index (χ0v) is 13.0. The Morgan fingerprint density at radius 1 is 1.38 bits per heavy atom. The summed E-state index contributed by atoms with van der Waals surface area (Å²) >= 11 is 0. The Balaban J connectivity index is 1.92. The zero-order valence-electron chi connectivity index (χ0n) is 13.0. The molecule has 1 heterocycles. The monoisotopic (exact) mass is 291 g/mol. The first-order valence-electron chi connectivity index (χ1n) is 7.66. The first-order valence-corrected chi connectivity index (χ1v) is 7.66. The van der Waals surface area contributed by atoms with Crippen molar-refractivity contribution < 1.29 is 14.3 Å². The predicted molar refractivity (Wildman–Crippen MR) is 82.0 cm³/mol. The number of hydrogen-bond acceptors (Lipinski definition) is 4. The van der Waals surface area contributed by atoms with Crippen molar-refractivity contribution in [1.29, 1.82) is 0 Å². The highest BCUT2D eigenvalue weighted by atomic mass is 16.5. The first kappa shape index (κ1) is 16.0. The highest BCUT2D eigenvalue weighted by Gasteiger charge is 2.23. The number of ether oxygens (including phenoxy) is 2. The molecule has 0 N–H and O–H groups in total. The van der Waals surface area contributed by atoms with Crippen LogP contribution in [0.2, 0.25) is 0 Å². The van der Waals surface area contributed by atoms with Gasteiger partial charge in [-0.15, -0.1) is 0 Å². The number of benzene rings is 1. The number of hydrogen-bond donors (Lipinski definition) is 0. The summed E-state index contributed by atoms with van der Waals surface area (Å²) in [6, 6.07) is 9.96. The molecular weight excluding hydrogens is 266 g/mol. The Hall–Kier alpha value is -1.39. The molecule has 0 saturated carbocycles. The predicted octanol–water partition coefficient (Wildman–Crippen LogP) is 2.79. The molecule has 0 spiro atoms. The van der Waals surface area contributed by atoms with Crippen LogP contribution in [0.1, 0.15) is 37.4 Å². The van der Waals surface area contributed by atoms with Gasteiger partial charge in [-0.3, -0.25) is 4.79 Å². The quantitative estimate of drug-likeness (QED) is 0.724. The molecule has 1 aliphatic heterocycles. The molecule has 1 aromatic rings. The number of rotatable bonds is 7. The molecule has 116 valence electrons. The molecule has 2 unspecified atom stereocenters. The second-order valence-electron chi connectivity index (χ2n) is 5.82. The topological polar surface area (TPSA) is 38.8 Å². The summed E-state index contributed by atoms with van der Waals surface area (Å²) in [6.45, 7) is 1.65. The highest BCUT2D eigenvalue weighted by molar-refractivity contribution is 5.70. The summed E-state index contributed by atoms with van der Waals surface area (Å²) in [4.78, 5) is 14.2. The lowest BCUT2D eigenvalue weighted by molar-refractivity contribution is -0.152. The van der Waals surface area contributed by atoms with Crippen molar-refractivity contribution in [2.75, 3.05) is 27.2 Å². The van der Waals surface area contributed by atoms with Gasteiger partial charge in [0, 0.05) is 19.6 Å². The van der Waals surface area contributed by atoms with E-state index in [1.807, 2.05) is 44.4 Å². The van der Waals surface area contributed by atoms with Crippen molar-refractivity contribution in [2.24, 2.45) is 0 Å². The summed E-state index contributed by atoms with van der Waals surface area (Å²) in [5, 5.41) is 0. The number of carbonyl (C=O) groups excluding carboxylic acids is 1. The fourth-order valence-corrected chi connectivity index (χ4v) is 2.53. The number of esters is 1. The van der Waals surface area contributed by atoms with Crippen LogP contribution in [0.15, 0.2) is 30.3 Å². The van der Waals surface area contributed by atoms with Crippen molar-refractivity contribution >= 4 is 5.97 Å². The molecular formula is C17H25NO3. The maximum Gasteiger partial charge on any atom is 0.309 e. The summed E-state index contributed by atoms with van der Waals surface area (Å²) < 4.78 is 11.2. The van der Waals surface area contributed by atoms with Gasteiger partial charge in [-0.1, -0.05) is 30.3 Å². The Morgan fingerprint density at radius 3 is 2.76 bits per heavy atom. The van der Waals surface area contributed by atoms with E-state index in [9.17, 15) is 4.79 Å². The van der Waals surface area contributed by atoms with Crippen LogP contribution >= 0.6 is 0 Å². The molecule has 0 amide bonds. The van der Waals surface area contributed by atoms with Crippen molar-refractivity contribution in [1.82, 2.24) is 4.90 Å². The van der Waals surface area contributed by atoms with Crippen LogP contribution < -0.4 is 0 Å². The molecule has 0 aliphatic carbocycles. The van der Waals surface area contributed by atoms with Gasteiger partial charge in [0.2, 0.25) is 0 Å². The van der Waals surface area contributed by atoms with Crippen LogP contribution in [-0.2, 0) is 14.3 Å². The van der Waals surface area contributed by atoms with Crippen molar-refractivity contribution in [3.8, 4) is 0 Å². The fourth-order valence-electron chi connectivity index (χ4n) is 2.53. The summed E-state index contributed by atoms with van der Waals surface area (Å²) in [5.74, 6) is -0.158. The molecule has 0 radical (unpaired) electrons. The van der Waals surface area contributed by atoms with Crippen LogP contribution in [0.4, 0.5) is 0 Å². The first-order chi connectivity index (χ1) is 10.1. The van der Waals surface area contributed by atoms with E-state index in [2.05, 4.69) is 4.90 Å². The standard InChI is InChI=1S/C17H25NO3/c1-18(2)11-10-16(14-7-4-3-5-8-14)21-17(19)13-15-9-6-12-20-15/h3-5,7-8,15-16H,6,9-13H2,1-2H3. The van der Waals surface area contributed by atoms with Crippen LogP contribution in [0.25, 0.3) is 0 Å². The van der Waals surface area contributed by atoms with Crippen LogP contribution in [0.5, 0.6) is 0 Å². The van der Waals surface area contributed by atoms with Crippen LogP contribution in [0, 0.1) is 0 Å². The number of nitrogens with zero attached hydrogens (tertiary/aromatic N) is 1. The molecule has 2 atom stereocenters.